The number of rotatable bonds is 12. The third kappa shape index (κ3) is 8.24. The molecule has 1 aliphatic heterocycles. The van der Waals surface area contributed by atoms with E-state index < -0.39 is 47.2 Å². The zero-order chi connectivity index (χ0) is 30.9. The number of anilines is 1. The van der Waals surface area contributed by atoms with Gasteiger partial charge in [0.2, 0.25) is 11.8 Å². The third-order valence-electron chi connectivity index (χ3n) is 6.84. The third-order valence-corrected chi connectivity index (χ3v) is 6.84. The van der Waals surface area contributed by atoms with E-state index in [0.29, 0.717) is 24.3 Å². The zero-order valence-electron chi connectivity index (χ0n) is 23.7. The van der Waals surface area contributed by atoms with Crippen molar-refractivity contribution < 1.29 is 32.8 Å². The lowest BCUT2D eigenvalue weighted by atomic mass is 9.97. The molecule has 3 aromatic rings. The predicted octanol–water partition coefficient (Wildman–Crippen LogP) is 2.45. The van der Waals surface area contributed by atoms with Crippen molar-refractivity contribution in [3.8, 4) is 0 Å². The number of hydrogen-bond acceptors (Lipinski definition) is 8. The highest BCUT2D eigenvalue weighted by Crippen LogP contribution is 2.20. The van der Waals surface area contributed by atoms with Crippen molar-refractivity contribution in [2.45, 2.75) is 45.2 Å². The molecule has 12 nitrogen and oxygen atoms in total. The molecule has 0 spiro atoms. The first-order chi connectivity index (χ1) is 20.6. The quantitative estimate of drug-likeness (QED) is 0.213. The van der Waals surface area contributed by atoms with Crippen molar-refractivity contribution in [2.24, 2.45) is 5.92 Å². The van der Waals surface area contributed by atoms with E-state index in [2.05, 4.69) is 21.1 Å². The summed E-state index contributed by atoms with van der Waals surface area (Å²) in [5.41, 5.74) is -0.242. The van der Waals surface area contributed by atoms with Crippen LogP contribution in [0.4, 0.5) is 10.1 Å². The van der Waals surface area contributed by atoms with Crippen LogP contribution in [0.2, 0.25) is 0 Å². The number of halogens is 1. The molecule has 13 heteroatoms. The molecule has 0 unspecified atom stereocenters. The Morgan fingerprint density at radius 2 is 2.00 bits per heavy atom. The van der Waals surface area contributed by atoms with Gasteiger partial charge < -0.3 is 29.8 Å². The highest BCUT2D eigenvalue weighted by atomic mass is 19.1. The van der Waals surface area contributed by atoms with Crippen LogP contribution in [0.25, 0.3) is 0 Å². The molecule has 3 amide bonds. The molecule has 1 aliphatic rings. The van der Waals surface area contributed by atoms with Crippen LogP contribution in [0.3, 0.4) is 0 Å². The van der Waals surface area contributed by atoms with E-state index in [9.17, 15) is 28.4 Å². The molecule has 0 bridgehead atoms. The van der Waals surface area contributed by atoms with Gasteiger partial charge in [-0.25, -0.2) is 9.18 Å². The summed E-state index contributed by atoms with van der Waals surface area (Å²) in [6, 6.07) is 7.88. The number of aryl methyl sites for hydroxylation is 1. The monoisotopic (exact) mass is 593 g/mol. The number of ether oxygens (including phenoxy) is 1. The normalized spacial score (nSPS) is 16.0. The van der Waals surface area contributed by atoms with Gasteiger partial charge in [-0.2, -0.15) is 0 Å². The molecule has 0 radical (unpaired) electrons. The van der Waals surface area contributed by atoms with E-state index >= 15 is 0 Å². The van der Waals surface area contributed by atoms with Crippen molar-refractivity contribution >= 4 is 29.4 Å². The van der Waals surface area contributed by atoms with Gasteiger partial charge in [0.25, 0.3) is 11.5 Å². The standard InChI is InChI=1S/C30H32FN5O7/c1-3-42-26(37)11-10-22(17-20-12-13-32-27(20)38)33-29(40)25(16-19-6-8-21(31)9-7-19)36-14-4-5-23(30(36)41)34-28(39)24-15-18(2)43-35-24/h4-11,14-15,20,22,25H,3,12-13,16-17H2,1-2H3,(H,32,38)(H,33,40)(H,34,39)/t20-,22+,25-/m0/s1. The smallest absolute Gasteiger partial charge is 0.330 e. The number of esters is 1. The number of benzene rings is 1. The number of aromatic nitrogens is 2. The second-order valence-electron chi connectivity index (χ2n) is 10.00. The molecular formula is C30H32FN5O7. The van der Waals surface area contributed by atoms with Gasteiger partial charge in [-0.05, 0) is 56.5 Å². The summed E-state index contributed by atoms with van der Waals surface area (Å²) in [5, 5.41) is 11.8. The van der Waals surface area contributed by atoms with Crippen LogP contribution >= 0.6 is 0 Å². The largest absolute Gasteiger partial charge is 0.463 e. The summed E-state index contributed by atoms with van der Waals surface area (Å²) in [6.45, 7) is 3.94. The van der Waals surface area contributed by atoms with Gasteiger partial charge in [0.05, 0.1) is 6.61 Å². The minimum atomic E-state index is -1.15. The molecule has 4 rings (SSSR count). The van der Waals surface area contributed by atoms with E-state index in [1.165, 1.54) is 60.8 Å². The zero-order valence-corrected chi connectivity index (χ0v) is 23.7. The topological polar surface area (TPSA) is 162 Å². The summed E-state index contributed by atoms with van der Waals surface area (Å²) in [5.74, 6) is -2.49. The molecule has 0 saturated carbocycles. The first kappa shape index (κ1) is 30.9. The second-order valence-corrected chi connectivity index (χ2v) is 10.00. The minimum absolute atomic E-state index is 0.00980. The van der Waals surface area contributed by atoms with Crippen LogP contribution in [-0.2, 0) is 25.5 Å². The molecule has 3 heterocycles. The molecular weight excluding hydrogens is 561 g/mol. The average molecular weight is 594 g/mol. The Bertz CT molecular complexity index is 1560. The fourth-order valence-corrected chi connectivity index (χ4v) is 4.70. The molecule has 1 saturated heterocycles. The van der Waals surface area contributed by atoms with Gasteiger partial charge in [0, 0.05) is 43.3 Å². The fourth-order valence-electron chi connectivity index (χ4n) is 4.70. The number of nitrogens with zero attached hydrogens (tertiary/aromatic N) is 2. The predicted molar refractivity (Wildman–Crippen MR) is 152 cm³/mol. The number of amides is 3. The van der Waals surface area contributed by atoms with E-state index in [1.807, 2.05) is 0 Å². The Morgan fingerprint density at radius 1 is 1.23 bits per heavy atom. The summed E-state index contributed by atoms with van der Waals surface area (Å²) in [7, 11) is 0. The van der Waals surface area contributed by atoms with Crippen molar-refractivity contribution in [3.63, 3.8) is 0 Å². The van der Waals surface area contributed by atoms with Gasteiger partial charge in [0.1, 0.15) is 23.3 Å². The highest BCUT2D eigenvalue weighted by molar-refractivity contribution is 6.02. The Morgan fingerprint density at radius 3 is 2.65 bits per heavy atom. The van der Waals surface area contributed by atoms with Gasteiger partial charge in [-0.1, -0.05) is 23.4 Å². The summed E-state index contributed by atoms with van der Waals surface area (Å²) < 4.78 is 24.7. The fraction of sp³-hybridized carbons (Fsp3) is 0.333. The minimum Gasteiger partial charge on any atom is -0.463 e. The highest BCUT2D eigenvalue weighted by Gasteiger charge is 2.30. The SMILES string of the molecule is CCOC(=O)C=C[C@H](C[C@@H]1CCNC1=O)NC(=O)[C@H](Cc1ccc(F)cc1)n1cccc(NC(=O)c2cc(C)on2)c1=O. The Hall–Kier alpha value is -5.07. The van der Waals surface area contributed by atoms with E-state index in [1.54, 1.807) is 13.8 Å². The number of carbonyl (C=O) groups is 4. The van der Waals surface area contributed by atoms with Crippen LogP contribution in [0.5, 0.6) is 0 Å². The summed E-state index contributed by atoms with van der Waals surface area (Å²) in [6.07, 6.45) is 4.80. The molecule has 0 aliphatic carbocycles. The van der Waals surface area contributed by atoms with E-state index in [0.717, 1.165) is 4.57 Å². The number of carbonyl (C=O) groups excluding carboxylic acids is 4. The maximum absolute atomic E-state index is 13.9. The number of nitrogens with one attached hydrogen (secondary N) is 3. The van der Waals surface area contributed by atoms with E-state index in [-0.39, 0.29) is 36.7 Å². The maximum Gasteiger partial charge on any atom is 0.330 e. The van der Waals surface area contributed by atoms with Gasteiger partial charge in [-0.3, -0.25) is 19.2 Å². The number of pyridine rings is 1. The molecule has 2 aromatic heterocycles. The lowest BCUT2D eigenvalue weighted by Gasteiger charge is -2.24. The maximum atomic E-state index is 13.9. The molecule has 43 heavy (non-hydrogen) atoms. The van der Waals surface area contributed by atoms with Gasteiger partial charge in [0.15, 0.2) is 5.69 Å². The number of hydrogen-bond donors (Lipinski definition) is 3. The van der Waals surface area contributed by atoms with E-state index in [4.69, 9.17) is 9.26 Å². The Kier molecular flexibility index (Phi) is 10.2. The molecule has 3 N–H and O–H groups in total. The lowest BCUT2D eigenvalue weighted by molar-refractivity contribution is -0.137. The molecule has 3 atom stereocenters. The first-order valence-electron chi connectivity index (χ1n) is 13.8. The van der Waals surface area contributed by atoms with Gasteiger partial charge in [-0.15, -0.1) is 0 Å². The van der Waals surface area contributed by atoms with Crippen LogP contribution < -0.4 is 21.5 Å². The van der Waals surface area contributed by atoms with Crippen LogP contribution in [0.15, 0.2) is 70.1 Å². The Labute approximate surface area is 246 Å². The Balaban J connectivity index is 1.64. The molecule has 226 valence electrons. The van der Waals surface area contributed by atoms with Crippen molar-refractivity contribution in [3.05, 3.63) is 94.0 Å². The lowest BCUT2D eigenvalue weighted by Crippen LogP contribution is -2.43. The van der Waals surface area contributed by atoms with Crippen LogP contribution in [0, 0.1) is 18.7 Å². The molecule has 1 aromatic carbocycles. The molecule has 1 fully saturated rings. The second kappa shape index (κ2) is 14.2. The summed E-state index contributed by atoms with van der Waals surface area (Å²) >= 11 is 0. The van der Waals surface area contributed by atoms with Crippen LogP contribution in [-0.4, -0.2) is 52.6 Å². The van der Waals surface area contributed by atoms with Gasteiger partial charge >= 0.3 is 5.97 Å². The van der Waals surface area contributed by atoms with Crippen LogP contribution in [0.1, 0.15) is 47.6 Å². The van der Waals surface area contributed by atoms with Crippen molar-refractivity contribution in [2.75, 3.05) is 18.5 Å². The van der Waals surface area contributed by atoms with Crippen molar-refractivity contribution in [1.29, 1.82) is 0 Å². The summed E-state index contributed by atoms with van der Waals surface area (Å²) in [4.78, 5) is 64.4. The first-order valence-corrected chi connectivity index (χ1v) is 13.8. The average Bonchev–Trinajstić information content (AvgIpc) is 3.60. The van der Waals surface area contributed by atoms with Crippen molar-refractivity contribution in [1.82, 2.24) is 20.4 Å².